The van der Waals surface area contributed by atoms with Crippen molar-refractivity contribution in [3.8, 4) is 0 Å². The minimum Gasteiger partial charge on any atom is -0.463 e. The third-order valence-corrected chi connectivity index (χ3v) is 5.07. The summed E-state index contributed by atoms with van der Waals surface area (Å²) >= 11 is 6.25. The van der Waals surface area contributed by atoms with E-state index in [4.69, 9.17) is 16.0 Å². The minimum atomic E-state index is -0.0690. The minimum absolute atomic E-state index is 0.0690. The highest BCUT2D eigenvalue weighted by Gasteiger charge is 2.25. The molecular formula is C19H25ClN4O2+2. The lowest BCUT2D eigenvalue weighted by Crippen LogP contribution is -3.28. The number of nitrogens with one attached hydrogen (secondary N) is 3. The molecule has 0 aliphatic carbocycles. The zero-order valence-corrected chi connectivity index (χ0v) is 15.7. The fraction of sp³-hybridized carbons (Fsp3) is 0.368. The van der Waals surface area contributed by atoms with Crippen molar-refractivity contribution < 1.29 is 19.0 Å². The number of rotatable bonds is 6. The molecule has 1 aromatic heterocycles. The molecule has 6 nitrogen and oxygen atoms in total. The standard InChI is InChI=1S/C19H23ClN4O2/c1-15(18-7-4-12-26-18)21-22-19(25)14-24-10-8-23(9-11-24)13-16-5-2-3-6-17(16)20/h2-7,12H,8-11,13-14H2,1H3,(H,22,25)/p+2/b21-15+. The molecular weight excluding hydrogens is 352 g/mol. The first-order chi connectivity index (χ1) is 12.6. The van der Waals surface area contributed by atoms with Crippen LogP contribution in [-0.2, 0) is 11.3 Å². The van der Waals surface area contributed by atoms with E-state index in [0.717, 1.165) is 37.7 Å². The maximum atomic E-state index is 12.1. The van der Waals surface area contributed by atoms with E-state index in [1.165, 1.54) is 15.4 Å². The second kappa shape index (κ2) is 8.98. The van der Waals surface area contributed by atoms with Crippen molar-refractivity contribution in [2.75, 3.05) is 32.7 Å². The summed E-state index contributed by atoms with van der Waals surface area (Å²) in [6, 6.07) is 11.6. The van der Waals surface area contributed by atoms with Crippen LogP contribution in [0.2, 0.25) is 5.02 Å². The number of furan rings is 1. The monoisotopic (exact) mass is 376 g/mol. The van der Waals surface area contributed by atoms with Crippen LogP contribution in [0.5, 0.6) is 0 Å². The van der Waals surface area contributed by atoms with Gasteiger partial charge in [0.2, 0.25) is 0 Å². The topological polar surface area (TPSA) is 63.5 Å². The zero-order valence-electron chi connectivity index (χ0n) is 14.9. The zero-order chi connectivity index (χ0) is 18.4. The number of piperazine rings is 1. The molecule has 1 aliphatic heterocycles. The summed E-state index contributed by atoms with van der Waals surface area (Å²) in [6.45, 7) is 7.18. The summed E-state index contributed by atoms with van der Waals surface area (Å²) < 4.78 is 5.25. The van der Waals surface area contributed by atoms with Crippen molar-refractivity contribution in [2.45, 2.75) is 13.5 Å². The predicted molar refractivity (Wildman–Crippen MR) is 100 cm³/mol. The number of nitrogens with zero attached hydrogens (tertiary/aromatic N) is 1. The van der Waals surface area contributed by atoms with E-state index in [-0.39, 0.29) is 5.91 Å². The molecule has 0 unspecified atom stereocenters. The van der Waals surface area contributed by atoms with Crippen LogP contribution in [0.15, 0.2) is 52.2 Å². The molecule has 0 saturated carbocycles. The Hall–Kier alpha value is -2.15. The normalized spacial score (nSPS) is 20.8. The fourth-order valence-corrected chi connectivity index (χ4v) is 3.38. The van der Waals surface area contributed by atoms with E-state index in [1.807, 2.05) is 31.2 Å². The van der Waals surface area contributed by atoms with Gasteiger partial charge in [0.1, 0.15) is 44.2 Å². The first kappa shape index (κ1) is 18.6. The molecule has 1 aliphatic rings. The number of halogens is 1. The van der Waals surface area contributed by atoms with Gasteiger partial charge in [-0.2, -0.15) is 5.10 Å². The second-order valence-corrected chi connectivity index (χ2v) is 7.06. The van der Waals surface area contributed by atoms with Crippen molar-refractivity contribution >= 4 is 23.2 Å². The Labute approximate surface area is 158 Å². The largest absolute Gasteiger partial charge is 0.463 e. The SMILES string of the molecule is C/C(=N\NC(=O)C[NH+]1CC[NH+](Cc2ccccc2Cl)CC1)c1ccco1. The summed E-state index contributed by atoms with van der Waals surface area (Å²) in [7, 11) is 0. The average Bonchev–Trinajstić information content (AvgIpc) is 3.18. The van der Waals surface area contributed by atoms with Gasteiger partial charge in [-0.3, -0.25) is 4.79 Å². The van der Waals surface area contributed by atoms with E-state index in [9.17, 15) is 4.79 Å². The predicted octanol–water partition coefficient (Wildman–Crippen LogP) is -0.243. The van der Waals surface area contributed by atoms with Crippen LogP contribution in [0.4, 0.5) is 0 Å². The van der Waals surface area contributed by atoms with Gasteiger partial charge in [-0.15, -0.1) is 0 Å². The molecule has 1 fully saturated rings. The Morgan fingerprint density at radius 3 is 2.58 bits per heavy atom. The lowest BCUT2D eigenvalue weighted by Gasteiger charge is -2.29. The summed E-state index contributed by atoms with van der Waals surface area (Å²) in [4.78, 5) is 14.9. The van der Waals surface area contributed by atoms with Gasteiger partial charge in [-0.25, -0.2) is 5.43 Å². The Morgan fingerprint density at radius 2 is 1.88 bits per heavy atom. The summed E-state index contributed by atoms with van der Waals surface area (Å²) in [6.07, 6.45) is 1.59. The van der Waals surface area contributed by atoms with Gasteiger partial charge >= 0.3 is 0 Å². The molecule has 2 heterocycles. The van der Waals surface area contributed by atoms with Gasteiger partial charge in [0.05, 0.1) is 6.26 Å². The van der Waals surface area contributed by atoms with Gasteiger partial charge in [0.15, 0.2) is 6.54 Å². The van der Waals surface area contributed by atoms with E-state index >= 15 is 0 Å². The van der Waals surface area contributed by atoms with Gasteiger partial charge in [-0.1, -0.05) is 29.8 Å². The van der Waals surface area contributed by atoms with Gasteiger partial charge < -0.3 is 14.2 Å². The highest BCUT2D eigenvalue weighted by molar-refractivity contribution is 6.31. The third-order valence-electron chi connectivity index (χ3n) is 4.70. The Kier molecular flexibility index (Phi) is 6.44. The van der Waals surface area contributed by atoms with Crippen molar-refractivity contribution in [1.29, 1.82) is 0 Å². The van der Waals surface area contributed by atoms with Crippen molar-refractivity contribution in [3.63, 3.8) is 0 Å². The maximum Gasteiger partial charge on any atom is 0.295 e. The lowest BCUT2D eigenvalue weighted by molar-refractivity contribution is -1.02. The molecule has 3 N–H and O–H groups in total. The Balaban J connectivity index is 1.41. The maximum absolute atomic E-state index is 12.1. The summed E-state index contributed by atoms with van der Waals surface area (Å²) in [5.41, 5.74) is 4.47. The molecule has 26 heavy (non-hydrogen) atoms. The van der Waals surface area contributed by atoms with Crippen LogP contribution in [0.3, 0.4) is 0 Å². The molecule has 7 heteroatoms. The number of hydrazone groups is 1. The van der Waals surface area contributed by atoms with Crippen LogP contribution >= 0.6 is 11.6 Å². The number of carbonyl (C=O) groups excluding carboxylic acids is 1. The van der Waals surface area contributed by atoms with E-state index in [1.54, 1.807) is 12.3 Å². The van der Waals surface area contributed by atoms with E-state index in [0.29, 0.717) is 18.0 Å². The number of hydrogen-bond acceptors (Lipinski definition) is 3. The molecule has 3 rings (SSSR count). The quantitative estimate of drug-likeness (QED) is 0.481. The first-order valence-electron chi connectivity index (χ1n) is 8.89. The number of carbonyl (C=O) groups is 1. The fourth-order valence-electron chi connectivity index (χ4n) is 3.17. The molecule has 0 spiro atoms. The molecule has 2 aromatic rings. The van der Waals surface area contributed by atoms with Crippen LogP contribution in [0.1, 0.15) is 18.2 Å². The highest BCUT2D eigenvalue weighted by atomic mass is 35.5. The van der Waals surface area contributed by atoms with Gasteiger partial charge in [0, 0.05) is 10.6 Å². The second-order valence-electron chi connectivity index (χ2n) is 6.65. The van der Waals surface area contributed by atoms with Crippen LogP contribution in [-0.4, -0.2) is 44.3 Å². The van der Waals surface area contributed by atoms with Gasteiger partial charge in [-0.05, 0) is 25.1 Å². The summed E-state index contributed by atoms with van der Waals surface area (Å²) in [5.74, 6) is 0.592. The molecule has 1 saturated heterocycles. The molecule has 1 aromatic carbocycles. The van der Waals surface area contributed by atoms with E-state index in [2.05, 4.69) is 16.6 Å². The number of hydrogen-bond donors (Lipinski definition) is 3. The van der Waals surface area contributed by atoms with Gasteiger partial charge in [0.25, 0.3) is 5.91 Å². The molecule has 0 radical (unpaired) electrons. The average molecular weight is 377 g/mol. The van der Waals surface area contributed by atoms with Crippen LogP contribution < -0.4 is 15.2 Å². The number of amides is 1. The molecule has 0 atom stereocenters. The van der Waals surface area contributed by atoms with Crippen LogP contribution in [0.25, 0.3) is 0 Å². The smallest absolute Gasteiger partial charge is 0.295 e. The van der Waals surface area contributed by atoms with Crippen molar-refractivity contribution in [2.24, 2.45) is 5.10 Å². The third kappa shape index (κ3) is 5.17. The molecule has 138 valence electrons. The summed E-state index contributed by atoms with van der Waals surface area (Å²) in [5, 5.41) is 4.94. The van der Waals surface area contributed by atoms with Crippen LogP contribution in [0, 0.1) is 0 Å². The molecule has 0 bridgehead atoms. The Bertz CT molecular complexity index is 753. The Morgan fingerprint density at radius 1 is 1.15 bits per heavy atom. The van der Waals surface area contributed by atoms with Crippen molar-refractivity contribution in [1.82, 2.24) is 5.43 Å². The first-order valence-corrected chi connectivity index (χ1v) is 9.27. The lowest BCUT2D eigenvalue weighted by atomic mass is 10.2. The number of quaternary nitrogens is 2. The number of benzene rings is 1. The van der Waals surface area contributed by atoms with E-state index < -0.39 is 0 Å². The highest BCUT2D eigenvalue weighted by Crippen LogP contribution is 2.13. The molecule has 1 amide bonds. The van der Waals surface area contributed by atoms with Crippen molar-refractivity contribution in [3.05, 3.63) is 59.0 Å².